The summed E-state index contributed by atoms with van der Waals surface area (Å²) in [4.78, 5) is 37.0. The number of hydrogen-bond acceptors (Lipinski definition) is 7. The summed E-state index contributed by atoms with van der Waals surface area (Å²) >= 11 is 0. The number of amides is 2. The Morgan fingerprint density at radius 2 is 1.73 bits per heavy atom. The van der Waals surface area contributed by atoms with E-state index in [0.29, 0.717) is 12.4 Å². The molecule has 37 heavy (non-hydrogen) atoms. The molecule has 1 aromatic heterocycles. The first kappa shape index (κ1) is 26.7. The second-order valence-electron chi connectivity index (χ2n) is 10.2. The molecule has 9 heteroatoms. The number of benzene rings is 1. The molecule has 0 aliphatic heterocycles. The van der Waals surface area contributed by atoms with Gasteiger partial charge in [-0.3, -0.25) is 0 Å². The van der Waals surface area contributed by atoms with E-state index in [0.717, 1.165) is 49.9 Å². The summed E-state index contributed by atoms with van der Waals surface area (Å²) in [6.07, 6.45) is 8.33. The van der Waals surface area contributed by atoms with Crippen LogP contribution in [0, 0.1) is 0 Å². The largest absolute Gasteiger partial charge is 0.464 e. The van der Waals surface area contributed by atoms with E-state index in [1.54, 1.807) is 6.92 Å². The monoisotopic (exact) mass is 508 g/mol. The predicted molar refractivity (Wildman–Crippen MR) is 145 cm³/mol. The van der Waals surface area contributed by atoms with Crippen molar-refractivity contribution in [2.24, 2.45) is 0 Å². The number of ether oxygens (including phenoxy) is 1. The number of esters is 1. The number of hydrogen-bond donors (Lipinski definition) is 3. The van der Waals surface area contributed by atoms with E-state index >= 15 is 0 Å². The number of fused-ring (bicyclic) bond motifs is 1. The number of anilines is 2. The lowest BCUT2D eigenvalue weighted by Crippen LogP contribution is -2.51. The highest BCUT2D eigenvalue weighted by molar-refractivity contribution is 5.84. The third-order valence-corrected chi connectivity index (χ3v) is 7.14. The summed E-state index contributed by atoms with van der Waals surface area (Å²) in [7, 11) is 4.07. The van der Waals surface area contributed by atoms with Gasteiger partial charge in [0.2, 0.25) is 5.95 Å². The van der Waals surface area contributed by atoms with Crippen LogP contribution in [0.5, 0.6) is 0 Å². The van der Waals surface area contributed by atoms with Gasteiger partial charge in [0.05, 0.1) is 12.3 Å². The number of urea groups is 1. The molecule has 0 radical (unpaired) electrons. The van der Waals surface area contributed by atoms with Gasteiger partial charge in [-0.25, -0.2) is 14.6 Å². The van der Waals surface area contributed by atoms with Gasteiger partial charge in [-0.15, -0.1) is 0 Å². The average Bonchev–Trinajstić information content (AvgIpc) is 2.89. The molecule has 2 aliphatic rings. The van der Waals surface area contributed by atoms with E-state index < -0.39 is 12.0 Å². The number of carbonyl (C=O) groups is 2. The Morgan fingerprint density at radius 3 is 2.43 bits per heavy atom. The summed E-state index contributed by atoms with van der Waals surface area (Å²) < 4.78 is 5.19. The van der Waals surface area contributed by atoms with Gasteiger partial charge in [0.1, 0.15) is 11.9 Å². The van der Waals surface area contributed by atoms with Gasteiger partial charge >= 0.3 is 12.0 Å². The van der Waals surface area contributed by atoms with Gasteiger partial charge in [0, 0.05) is 38.2 Å². The molecule has 0 saturated heterocycles. The Balaban J connectivity index is 1.29. The molecule has 2 aromatic rings. The normalized spacial score (nSPS) is 19.8. The fourth-order valence-electron chi connectivity index (χ4n) is 5.24. The van der Waals surface area contributed by atoms with Crippen molar-refractivity contribution >= 4 is 23.8 Å². The maximum absolute atomic E-state index is 12.8. The van der Waals surface area contributed by atoms with Gasteiger partial charge in [0.15, 0.2) is 0 Å². The van der Waals surface area contributed by atoms with Crippen molar-refractivity contribution in [3.63, 3.8) is 0 Å². The maximum Gasteiger partial charge on any atom is 0.329 e. The highest BCUT2D eigenvalue weighted by atomic mass is 16.5. The zero-order chi connectivity index (χ0) is 26.2. The van der Waals surface area contributed by atoms with Crippen LogP contribution in [-0.4, -0.2) is 60.8 Å². The van der Waals surface area contributed by atoms with E-state index in [4.69, 9.17) is 14.7 Å². The summed E-state index contributed by atoms with van der Waals surface area (Å²) in [6, 6.07) is 8.89. The second kappa shape index (κ2) is 12.7. The molecule has 0 bridgehead atoms. The average molecular weight is 509 g/mol. The van der Waals surface area contributed by atoms with Crippen molar-refractivity contribution < 1.29 is 14.3 Å². The van der Waals surface area contributed by atoms with Crippen LogP contribution in [0.3, 0.4) is 0 Å². The van der Waals surface area contributed by atoms with Crippen LogP contribution in [0.2, 0.25) is 0 Å². The van der Waals surface area contributed by atoms with Crippen LogP contribution >= 0.6 is 0 Å². The van der Waals surface area contributed by atoms with Crippen LogP contribution in [0.4, 0.5) is 16.6 Å². The lowest BCUT2D eigenvalue weighted by atomic mass is 9.91. The van der Waals surface area contributed by atoms with E-state index in [1.807, 2.05) is 44.4 Å². The van der Waals surface area contributed by atoms with E-state index in [1.165, 1.54) is 24.1 Å². The highest BCUT2D eigenvalue weighted by Gasteiger charge is 2.27. The van der Waals surface area contributed by atoms with Gasteiger partial charge in [-0.2, -0.15) is 4.98 Å². The Hall–Kier alpha value is -3.36. The molecule has 2 amide bonds. The number of aromatic nitrogens is 2. The van der Waals surface area contributed by atoms with Crippen molar-refractivity contribution in [1.82, 2.24) is 20.6 Å². The second-order valence-corrected chi connectivity index (χ2v) is 10.2. The number of nitrogens with one attached hydrogen (secondary N) is 3. The Bertz CT molecular complexity index is 1050. The molecule has 2 aliphatic carbocycles. The number of carbonyl (C=O) groups excluding carboxylic acids is 2. The number of aryl methyl sites for hydroxylation is 1. The van der Waals surface area contributed by atoms with Gasteiger partial charge in [-0.1, -0.05) is 30.3 Å². The minimum Gasteiger partial charge on any atom is -0.464 e. The summed E-state index contributed by atoms with van der Waals surface area (Å²) in [5.74, 6) is 1.30. The van der Waals surface area contributed by atoms with Crippen molar-refractivity contribution in [2.45, 2.75) is 82.8 Å². The zero-order valence-corrected chi connectivity index (χ0v) is 22.3. The van der Waals surface area contributed by atoms with Crippen LogP contribution in [0.25, 0.3) is 0 Å². The molecule has 1 atom stereocenters. The van der Waals surface area contributed by atoms with E-state index in [9.17, 15) is 9.59 Å². The van der Waals surface area contributed by atoms with Gasteiger partial charge in [0.25, 0.3) is 0 Å². The van der Waals surface area contributed by atoms with Gasteiger partial charge < -0.3 is 25.6 Å². The summed E-state index contributed by atoms with van der Waals surface area (Å²) in [6.45, 7) is 2.04. The first-order valence-corrected chi connectivity index (χ1v) is 13.5. The molecule has 0 spiro atoms. The topological polar surface area (TPSA) is 108 Å². The minimum absolute atomic E-state index is 0.0550. The van der Waals surface area contributed by atoms with Crippen LogP contribution < -0.4 is 20.9 Å². The predicted octanol–water partition coefficient (Wildman–Crippen LogP) is 3.62. The smallest absolute Gasteiger partial charge is 0.329 e. The first-order valence-electron chi connectivity index (χ1n) is 13.5. The fourth-order valence-corrected chi connectivity index (χ4v) is 5.24. The molecule has 200 valence electrons. The Morgan fingerprint density at radius 1 is 1.03 bits per heavy atom. The van der Waals surface area contributed by atoms with E-state index in [2.05, 4.69) is 20.9 Å². The van der Waals surface area contributed by atoms with Crippen molar-refractivity contribution in [3.05, 3.63) is 47.2 Å². The maximum atomic E-state index is 12.8. The van der Waals surface area contributed by atoms with E-state index in [-0.39, 0.29) is 24.7 Å². The van der Waals surface area contributed by atoms with Crippen molar-refractivity contribution in [1.29, 1.82) is 0 Å². The summed E-state index contributed by atoms with van der Waals surface area (Å²) in [5.41, 5.74) is 3.43. The SMILES string of the molecule is CCOC(=O)C(Cc1ccccc1)NC(=O)NC1CCC(Nc2nc3c(c(N(C)C)n2)CCCC3)CC1. The Kier molecular flexibility index (Phi) is 9.19. The quantitative estimate of drug-likeness (QED) is 0.444. The molecule has 1 heterocycles. The van der Waals surface area contributed by atoms with Crippen LogP contribution in [0.1, 0.15) is 62.3 Å². The molecular weight excluding hydrogens is 468 g/mol. The molecule has 1 fully saturated rings. The number of nitrogens with zero attached hydrogens (tertiary/aromatic N) is 3. The summed E-state index contributed by atoms with van der Waals surface area (Å²) in [5, 5.41) is 9.44. The van der Waals surface area contributed by atoms with Crippen molar-refractivity contribution in [2.75, 3.05) is 30.9 Å². The molecule has 9 nitrogen and oxygen atoms in total. The lowest BCUT2D eigenvalue weighted by molar-refractivity contribution is -0.145. The Labute approximate surface area is 219 Å². The molecule has 4 rings (SSSR count). The molecule has 1 unspecified atom stereocenters. The lowest BCUT2D eigenvalue weighted by Gasteiger charge is -2.31. The molecule has 1 aromatic carbocycles. The highest BCUT2D eigenvalue weighted by Crippen LogP contribution is 2.29. The zero-order valence-electron chi connectivity index (χ0n) is 22.3. The van der Waals surface area contributed by atoms with Gasteiger partial charge in [-0.05, 0) is 63.9 Å². The van der Waals surface area contributed by atoms with Crippen LogP contribution in [0.15, 0.2) is 30.3 Å². The standard InChI is InChI=1S/C28H40N6O3/c1-4-37-26(35)24(18-19-10-6-5-7-11-19)32-28(36)30-21-16-14-20(15-17-21)29-27-31-23-13-9-8-12-22(23)25(33-27)34(2)3/h5-7,10-11,20-21,24H,4,8-9,12-18H2,1-3H3,(H,29,31,33)(H2,30,32,36). The molecular formula is C28H40N6O3. The fraction of sp³-hybridized carbons (Fsp3) is 0.571. The molecule has 3 N–H and O–H groups in total. The third kappa shape index (κ3) is 7.33. The molecule has 1 saturated carbocycles. The number of rotatable bonds is 9. The third-order valence-electron chi connectivity index (χ3n) is 7.14. The first-order chi connectivity index (χ1) is 17.9. The van der Waals surface area contributed by atoms with Crippen molar-refractivity contribution in [3.8, 4) is 0 Å². The van der Waals surface area contributed by atoms with Crippen LogP contribution in [-0.2, 0) is 28.8 Å². The minimum atomic E-state index is -0.729.